The molecule has 0 atom stereocenters. The number of carbonyl (C=O) groups is 1. The molecule has 0 radical (unpaired) electrons. The molecule has 0 saturated heterocycles. The second-order valence-electron chi connectivity index (χ2n) is 4.92. The minimum Gasteiger partial charge on any atom is -0.493 e. The van der Waals surface area contributed by atoms with Gasteiger partial charge in [0, 0.05) is 11.8 Å². The van der Waals surface area contributed by atoms with Crippen molar-refractivity contribution >= 4 is 21.9 Å². The van der Waals surface area contributed by atoms with E-state index in [4.69, 9.17) is 19.8 Å². The number of benzene rings is 1. The molecule has 1 N–H and O–H groups in total. The molecule has 5 nitrogen and oxygen atoms in total. The quantitative estimate of drug-likeness (QED) is 0.860. The van der Waals surface area contributed by atoms with E-state index >= 15 is 0 Å². The Morgan fingerprint density at radius 2 is 2.25 bits per heavy atom. The Kier molecular flexibility index (Phi) is 4.19. The topological polar surface area (TPSA) is 79.6 Å². The smallest absolute Gasteiger partial charge is 0.335 e. The summed E-state index contributed by atoms with van der Waals surface area (Å²) in [4.78, 5) is 11.0. The van der Waals surface area contributed by atoms with Gasteiger partial charge in [-0.1, -0.05) is 0 Å². The lowest BCUT2D eigenvalue weighted by Crippen LogP contribution is -2.13. The Morgan fingerprint density at radius 3 is 2.75 bits per heavy atom. The van der Waals surface area contributed by atoms with Crippen LogP contribution in [-0.2, 0) is 0 Å². The van der Waals surface area contributed by atoms with Crippen molar-refractivity contribution in [2.45, 2.75) is 19.3 Å². The third kappa shape index (κ3) is 3.05. The number of aromatic carboxylic acids is 1. The van der Waals surface area contributed by atoms with Crippen molar-refractivity contribution in [3.63, 3.8) is 0 Å². The zero-order valence-corrected chi connectivity index (χ0v) is 12.6. The largest absolute Gasteiger partial charge is 0.493 e. The Hall–Kier alpha value is -1.74. The molecule has 6 heteroatoms. The number of ether oxygens (including phenoxy) is 2. The molecule has 1 aliphatic rings. The lowest BCUT2D eigenvalue weighted by molar-refractivity contribution is 0.0696. The highest BCUT2D eigenvalue weighted by Crippen LogP contribution is 2.49. The zero-order chi connectivity index (χ0) is 14.8. The van der Waals surface area contributed by atoms with E-state index in [9.17, 15) is 4.79 Å². The second-order valence-corrected chi connectivity index (χ2v) is 5.77. The molecule has 0 amide bonds. The van der Waals surface area contributed by atoms with Gasteiger partial charge in [0.25, 0.3) is 0 Å². The number of nitrogens with zero attached hydrogens (tertiary/aromatic N) is 1. The molecule has 0 heterocycles. The van der Waals surface area contributed by atoms with Crippen molar-refractivity contribution in [1.29, 1.82) is 5.26 Å². The zero-order valence-electron chi connectivity index (χ0n) is 11.0. The van der Waals surface area contributed by atoms with Crippen molar-refractivity contribution < 1.29 is 19.4 Å². The van der Waals surface area contributed by atoms with Crippen molar-refractivity contribution in [2.24, 2.45) is 5.41 Å². The van der Waals surface area contributed by atoms with Crippen molar-refractivity contribution in [3.8, 4) is 17.6 Å². The molecular weight excluding hydrogens is 326 g/mol. The summed E-state index contributed by atoms with van der Waals surface area (Å²) in [7, 11) is 1.46. The molecule has 2 rings (SSSR count). The van der Waals surface area contributed by atoms with Crippen LogP contribution in [-0.4, -0.2) is 24.8 Å². The van der Waals surface area contributed by atoms with Gasteiger partial charge >= 0.3 is 5.97 Å². The molecule has 1 saturated carbocycles. The van der Waals surface area contributed by atoms with E-state index in [-0.39, 0.29) is 11.0 Å². The lowest BCUT2D eigenvalue weighted by atomic mass is 10.1. The van der Waals surface area contributed by atoms with Gasteiger partial charge < -0.3 is 14.6 Å². The maximum atomic E-state index is 11.0. The Balaban J connectivity index is 2.19. The summed E-state index contributed by atoms with van der Waals surface area (Å²) in [6, 6.07) is 5.07. The number of nitriles is 1. The molecule has 1 aliphatic carbocycles. The SMILES string of the molecule is COc1cc(C(=O)O)cc(Br)c1OCC1(CC#N)CC1. The van der Waals surface area contributed by atoms with E-state index in [2.05, 4.69) is 22.0 Å². The van der Waals surface area contributed by atoms with Gasteiger partial charge in [0.15, 0.2) is 11.5 Å². The minimum absolute atomic E-state index is 0.0509. The summed E-state index contributed by atoms with van der Waals surface area (Å²) in [6.45, 7) is 0.432. The molecule has 0 aliphatic heterocycles. The molecular formula is C14H14BrNO4. The van der Waals surface area contributed by atoms with Gasteiger partial charge in [0.2, 0.25) is 0 Å². The van der Waals surface area contributed by atoms with E-state index in [0.29, 0.717) is 29.0 Å². The average molecular weight is 340 g/mol. The Morgan fingerprint density at radius 1 is 1.55 bits per heavy atom. The molecule has 106 valence electrons. The summed E-state index contributed by atoms with van der Waals surface area (Å²) in [5, 5.41) is 17.8. The molecule has 1 aromatic rings. The third-order valence-electron chi connectivity index (χ3n) is 3.41. The first-order valence-electron chi connectivity index (χ1n) is 6.12. The number of carboxylic acids is 1. The summed E-state index contributed by atoms with van der Waals surface area (Å²) >= 11 is 3.30. The first-order chi connectivity index (χ1) is 9.51. The molecule has 0 unspecified atom stereocenters. The predicted octanol–water partition coefficient (Wildman–Crippen LogP) is 3.23. The molecule has 0 spiro atoms. The van der Waals surface area contributed by atoms with Gasteiger partial charge in [-0.05, 0) is 40.9 Å². The number of rotatable bonds is 6. The van der Waals surface area contributed by atoms with Gasteiger partial charge in [0.1, 0.15) is 0 Å². The molecule has 1 fully saturated rings. The van der Waals surface area contributed by atoms with E-state index in [0.717, 1.165) is 12.8 Å². The molecule has 20 heavy (non-hydrogen) atoms. The Labute approximate surface area is 125 Å². The normalized spacial score (nSPS) is 15.2. The van der Waals surface area contributed by atoms with Gasteiger partial charge in [-0.2, -0.15) is 5.26 Å². The molecule has 0 bridgehead atoms. The van der Waals surface area contributed by atoms with Crippen LogP contribution in [0.15, 0.2) is 16.6 Å². The van der Waals surface area contributed by atoms with E-state index in [1.165, 1.54) is 19.2 Å². The van der Waals surface area contributed by atoms with Gasteiger partial charge in [0.05, 0.1) is 29.8 Å². The first-order valence-corrected chi connectivity index (χ1v) is 6.91. The van der Waals surface area contributed by atoms with Gasteiger partial charge in [-0.3, -0.25) is 0 Å². The fourth-order valence-electron chi connectivity index (χ4n) is 1.93. The summed E-state index contributed by atoms with van der Waals surface area (Å²) < 4.78 is 11.5. The van der Waals surface area contributed by atoms with Gasteiger partial charge in [-0.25, -0.2) is 4.79 Å². The highest BCUT2D eigenvalue weighted by molar-refractivity contribution is 9.10. The van der Waals surface area contributed by atoms with Crippen LogP contribution >= 0.6 is 15.9 Å². The average Bonchev–Trinajstić information content (AvgIpc) is 3.17. The van der Waals surface area contributed by atoms with Crippen molar-refractivity contribution in [2.75, 3.05) is 13.7 Å². The fraction of sp³-hybridized carbons (Fsp3) is 0.429. The van der Waals surface area contributed by atoms with Gasteiger partial charge in [-0.15, -0.1) is 0 Å². The van der Waals surface area contributed by atoms with Crippen LogP contribution in [0.5, 0.6) is 11.5 Å². The van der Waals surface area contributed by atoms with Crippen LogP contribution in [0.2, 0.25) is 0 Å². The fourth-order valence-corrected chi connectivity index (χ4v) is 2.48. The Bertz CT molecular complexity index is 575. The van der Waals surface area contributed by atoms with Crippen molar-refractivity contribution in [1.82, 2.24) is 0 Å². The third-order valence-corrected chi connectivity index (χ3v) is 4.00. The van der Waals surface area contributed by atoms with Crippen LogP contribution < -0.4 is 9.47 Å². The monoisotopic (exact) mass is 339 g/mol. The summed E-state index contributed by atoms with van der Waals surface area (Å²) in [5.74, 6) is -0.190. The van der Waals surface area contributed by atoms with Crippen LogP contribution in [0.4, 0.5) is 0 Å². The summed E-state index contributed by atoms with van der Waals surface area (Å²) in [6.07, 6.45) is 2.43. The number of halogens is 1. The van der Waals surface area contributed by atoms with Crippen molar-refractivity contribution in [3.05, 3.63) is 22.2 Å². The highest BCUT2D eigenvalue weighted by Gasteiger charge is 2.43. The van der Waals surface area contributed by atoms with Crippen LogP contribution in [0.3, 0.4) is 0 Å². The number of hydrogen-bond donors (Lipinski definition) is 1. The highest BCUT2D eigenvalue weighted by atomic mass is 79.9. The maximum absolute atomic E-state index is 11.0. The first kappa shape index (κ1) is 14.7. The molecule has 0 aromatic heterocycles. The number of methoxy groups -OCH3 is 1. The van der Waals surface area contributed by atoms with E-state index in [1.54, 1.807) is 0 Å². The standard InChI is InChI=1S/C14H14BrNO4/c1-19-11-7-9(13(17)18)6-10(15)12(11)20-8-14(2-3-14)4-5-16/h6-7H,2-4,8H2,1H3,(H,17,18). The maximum Gasteiger partial charge on any atom is 0.335 e. The van der Waals surface area contributed by atoms with Crippen LogP contribution in [0.25, 0.3) is 0 Å². The minimum atomic E-state index is -1.03. The van der Waals surface area contributed by atoms with E-state index in [1.807, 2.05) is 0 Å². The number of hydrogen-bond acceptors (Lipinski definition) is 4. The lowest BCUT2D eigenvalue weighted by Gasteiger charge is -2.17. The number of carboxylic acid groups (broad SMARTS) is 1. The second kappa shape index (κ2) is 5.71. The van der Waals surface area contributed by atoms with Crippen LogP contribution in [0, 0.1) is 16.7 Å². The predicted molar refractivity (Wildman–Crippen MR) is 75.0 cm³/mol. The molecule has 1 aromatic carbocycles. The summed E-state index contributed by atoms with van der Waals surface area (Å²) in [5.41, 5.74) is 0.0734. The van der Waals surface area contributed by atoms with E-state index < -0.39 is 5.97 Å². The van der Waals surface area contributed by atoms with Crippen LogP contribution in [0.1, 0.15) is 29.6 Å².